The molecule has 0 bridgehead atoms. The van der Waals surface area contributed by atoms with Gasteiger partial charge in [-0.2, -0.15) is 0 Å². The van der Waals surface area contributed by atoms with Crippen LogP contribution in [0.1, 0.15) is 116 Å². The van der Waals surface area contributed by atoms with Gasteiger partial charge in [-0.15, -0.1) is 0 Å². The maximum atomic E-state index is 14.6. The number of nitrogens with two attached hydrogens (primary N) is 4. The number of amides is 8. The minimum atomic E-state index is -1.61. The molecule has 0 saturated carbocycles. The molecule has 0 aromatic heterocycles. The minimum absolute atomic E-state index is 0.00262. The number of nitrogens with one attached hydrogen (secondary N) is 8. The van der Waals surface area contributed by atoms with Crippen LogP contribution in [0.2, 0.25) is 5.02 Å². The van der Waals surface area contributed by atoms with Gasteiger partial charge >= 0.3 is 0 Å². The fourth-order valence-corrected chi connectivity index (χ4v) is 10.0. The first-order valence-electron chi connectivity index (χ1n) is 29.3. The van der Waals surface area contributed by atoms with Crippen LogP contribution in [0.5, 0.6) is 0 Å². The van der Waals surface area contributed by atoms with E-state index >= 15 is 0 Å². The number of rotatable bonds is 27. The predicted molar refractivity (Wildman–Crippen MR) is 318 cm³/mol. The first-order chi connectivity index (χ1) is 40.4. The monoisotopic (exact) mass is 1210 g/mol. The molecule has 26 heteroatoms. The van der Waals surface area contributed by atoms with E-state index < -0.39 is 157 Å². The van der Waals surface area contributed by atoms with Crippen molar-refractivity contribution in [3.63, 3.8) is 0 Å². The summed E-state index contributed by atoms with van der Waals surface area (Å²) >= 11 is 6.26. The van der Waals surface area contributed by atoms with Crippen molar-refractivity contribution >= 4 is 76.2 Å². The lowest BCUT2D eigenvalue weighted by Crippen LogP contribution is -2.60. The van der Waals surface area contributed by atoms with Crippen molar-refractivity contribution < 1.29 is 63.0 Å². The van der Waals surface area contributed by atoms with E-state index in [0.29, 0.717) is 22.6 Å². The Balaban J connectivity index is 2.08. The highest BCUT2D eigenvalue weighted by Gasteiger charge is 2.38. The van der Waals surface area contributed by atoms with Crippen LogP contribution in [0.15, 0.2) is 54.6 Å². The lowest BCUT2D eigenvalue weighted by Gasteiger charge is -2.28. The van der Waals surface area contributed by atoms with Crippen LogP contribution in [0.4, 0.5) is 0 Å². The van der Waals surface area contributed by atoms with Gasteiger partial charge < -0.3 is 75.7 Å². The average Bonchev–Trinajstić information content (AvgIpc) is 3.68. The molecule has 0 aliphatic carbocycles. The highest BCUT2D eigenvalue weighted by molar-refractivity contribution is 6.31. The lowest BCUT2D eigenvalue weighted by molar-refractivity contribution is -0.137. The normalized spacial score (nSPS) is 22.6. The van der Waals surface area contributed by atoms with Crippen LogP contribution >= 0.6 is 11.6 Å². The first kappa shape index (κ1) is 72.5. The number of halogens is 1. The SMILES string of the molecule is CCCC1NC(=O)C(CC(C)C)NC(=O)C(Cc2ccccc2)NC(=O)C(CCN)NC(=O)C(NC(=O)C(CCN)CC(=O)C(NC(=O)C(CCN)CC(=O)Cc2ccccc2Cl)C(C)O)CCNC(=O)C(C(C)O)CC(=O)C(CCN)NC1=O. The summed E-state index contributed by atoms with van der Waals surface area (Å²) in [6.07, 6.45) is -4.81. The molecule has 85 heavy (non-hydrogen) atoms. The molecular formula is C59H91ClN12O13. The van der Waals surface area contributed by atoms with Crippen molar-refractivity contribution in [1.29, 1.82) is 0 Å². The number of benzene rings is 2. The van der Waals surface area contributed by atoms with E-state index in [9.17, 15) is 63.0 Å². The van der Waals surface area contributed by atoms with Gasteiger partial charge in [0.2, 0.25) is 47.3 Å². The summed E-state index contributed by atoms with van der Waals surface area (Å²) in [5, 5.41) is 43.3. The van der Waals surface area contributed by atoms with Crippen molar-refractivity contribution in [2.24, 2.45) is 46.6 Å². The van der Waals surface area contributed by atoms with Crippen molar-refractivity contribution in [2.75, 3.05) is 32.7 Å². The van der Waals surface area contributed by atoms with E-state index in [1.807, 2.05) is 13.8 Å². The van der Waals surface area contributed by atoms with Gasteiger partial charge in [0.15, 0.2) is 11.6 Å². The van der Waals surface area contributed by atoms with E-state index in [-0.39, 0.29) is 95.7 Å². The smallest absolute Gasteiger partial charge is 0.243 e. The Kier molecular flexibility index (Phi) is 32.1. The van der Waals surface area contributed by atoms with E-state index in [2.05, 4.69) is 42.5 Å². The Bertz CT molecular complexity index is 2560. The van der Waals surface area contributed by atoms with E-state index in [1.165, 1.54) is 13.8 Å². The number of hydrogen-bond donors (Lipinski definition) is 14. The third-order valence-corrected chi connectivity index (χ3v) is 15.0. The fourth-order valence-electron chi connectivity index (χ4n) is 9.83. The van der Waals surface area contributed by atoms with Crippen LogP contribution in [-0.4, -0.2) is 162 Å². The van der Waals surface area contributed by atoms with Gasteiger partial charge in [0.1, 0.15) is 42.0 Å². The standard InChI is InChI=1S/C59H91ClN12O13/c1-6-12-44-55(81)66-43(19-24-63)49(76)32-41(34(4)73)54(80)65-26-21-46(57(83)69-45(20-25-64)56(82)71-48(28-36-13-8-7-9-14-36)59(85)70-47(27-33(2)3)58(84)68-44)67-52(78)39(18-23-62)31-50(77)51(35(5)74)72-53(79)38(17-22-61)30-40(75)29-37-15-10-11-16-42(37)60/h7-11,13-16,33-35,38-39,41,43-48,51,73-74H,6,12,17-32,61-64H2,1-5H3,(H,65,80)(H,66,81)(H,67,78)(H,68,84)(H,69,83)(H,70,85)(H,71,82)(H,72,79). The Morgan fingerprint density at radius 1 is 0.635 bits per heavy atom. The molecular weight excluding hydrogens is 1120 g/mol. The van der Waals surface area contributed by atoms with E-state index in [1.54, 1.807) is 61.5 Å². The van der Waals surface area contributed by atoms with Crippen molar-refractivity contribution in [3.05, 3.63) is 70.7 Å². The van der Waals surface area contributed by atoms with Crippen LogP contribution in [0, 0.1) is 23.7 Å². The molecule has 12 unspecified atom stereocenters. The second-order valence-corrected chi connectivity index (χ2v) is 22.6. The molecule has 2 aromatic carbocycles. The zero-order chi connectivity index (χ0) is 63.3. The van der Waals surface area contributed by atoms with Crippen molar-refractivity contribution in [2.45, 2.75) is 173 Å². The van der Waals surface area contributed by atoms with Gasteiger partial charge in [-0.3, -0.25) is 52.7 Å². The number of aliphatic hydroxyl groups excluding tert-OH is 2. The average molecular weight is 1210 g/mol. The highest BCUT2D eigenvalue weighted by atomic mass is 35.5. The zero-order valence-electron chi connectivity index (χ0n) is 49.5. The number of ketones is 3. The summed E-state index contributed by atoms with van der Waals surface area (Å²) in [7, 11) is 0. The predicted octanol–water partition coefficient (Wildman–Crippen LogP) is -1.23. The first-order valence-corrected chi connectivity index (χ1v) is 29.7. The number of Topliss-reactive ketones (excluding diaryl/α,β-unsaturated/α-hetero) is 3. The number of aliphatic hydroxyl groups is 2. The Hall–Kier alpha value is -6.74. The van der Waals surface area contributed by atoms with Crippen LogP contribution in [0.3, 0.4) is 0 Å². The lowest BCUT2D eigenvalue weighted by atomic mass is 9.91. The fraction of sp³-hybridized carbons (Fsp3) is 0.610. The van der Waals surface area contributed by atoms with Crippen molar-refractivity contribution in [3.8, 4) is 0 Å². The van der Waals surface area contributed by atoms with Gasteiger partial charge in [-0.05, 0) is 108 Å². The third kappa shape index (κ3) is 24.6. The van der Waals surface area contributed by atoms with Crippen LogP contribution in [0.25, 0.3) is 0 Å². The largest absolute Gasteiger partial charge is 0.393 e. The second-order valence-electron chi connectivity index (χ2n) is 22.2. The zero-order valence-corrected chi connectivity index (χ0v) is 50.3. The van der Waals surface area contributed by atoms with E-state index in [0.717, 1.165) is 0 Å². The number of carbonyl (C=O) groups excluding carboxylic acids is 11. The topological polar surface area (TPSA) is 429 Å². The van der Waals surface area contributed by atoms with Gasteiger partial charge in [0, 0.05) is 55.5 Å². The second kappa shape index (κ2) is 37.6. The molecule has 8 amide bonds. The molecule has 1 fully saturated rings. The molecule has 0 radical (unpaired) electrons. The van der Waals surface area contributed by atoms with Gasteiger partial charge in [-0.1, -0.05) is 87.3 Å². The van der Waals surface area contributed by atoms with Gasteiger partial charge in [0.25, 0.3) is 0 Å². The quantitative estimate of drug-likeness (QED) is 0.0498. The highest BCUT2D eigenvalue weighted by Crippen LogP contribution is 2.21. The Morgan fingerprint density at radius 3 is 1.74 bits per heavy atom. The Morgan fingerprint density at radius 2 is 1.16 bits per heavy atom. The van der Waals surface area contributed by atoms with Gasteiger partial charge in [0.05, 0.1) is 24.2 Å². The molecule has 3 rings (SSSR count). The summed E-state index contributed by atoms with van der Waals surface area (Å²) in [5.41, 5.74) is 24.8. The minimum Gasteiger partial charge on any atom is -0.393 e. The van der Waals surface area contributed by atoms with Gasteiger partial charge in [-0.25, -0.2) is 0 Å². The number of hydrogen-bond acceptors (Lipinski definition) is 17. The summed E-state index contributed by atoms with van der Waals surface area (Å²) in [5.74, 6) is -12.4. The molecule has 1 saturated heterocycles. The molecule has 1 heterocycles. The summed E-state index contributed by atoms with van der Waals surface area (Å²) < 4.78 is 0. The molecule has 25 nitrogen and oxygen atoms in total. The number of carbonyl (C=O) groups is 11. The van der Waals surface area contributed by atoms with Crippen LogP contribution < -0.4 is 65.5 Å². The molecule has 2 aromatic rings. The van der Waals surface area contributed by atoms with Crippen LogP contribution in [-0.2, 0) is 65.6 Å². The molecule has 0 spiro atoms. The summed E-state index contributed by atoms with van der Waals surface area (Å²) in [4.78, 5) is 155. The maximum absolute atomic E-state index is 14.6. The molecule has 18 N–H and O–H groups in total. The van der Waals surface area contributed by atoms with E-state index in [4.69, 9.17) is 34.5 Å². The molecule has 1 aliphatic rings. The third-order valence-electron chi connectivity index (χ3n) is 14.6. The molecule has 472 valence electrons. The van der Waals surface area contributed by atoms with Crippen molar-refractivity contribution in [1.82, 2.24) is 42.5 Å². The molecule has 1 aliphatic heterocycles. The summed E-state index contributed by atoms with van der Waals surface area (Å²) in [6.45, 7) is 7.11. The maximum Gasteiger partial charge on any atom is 0.243 e. The Labute approximate surface area is 502 Å². The summed E-state index contributed by atoms with van der Waals surface area (Å²) in [6, 6.07) is 5.58. The molecule has 12 atom stereocenters.